The Kier molecular flexibility index (Phi) is 5.22. The van der Waals surface area contributed by atoms with Crippen molar-refractivity contribution in [1.82, 2.24) is 9.21 Å². The smallest absolute Gasteiger partial charge is 0.214 e. The third-order valence-electron chi connectivity index (χ3n) is 4.23. The second-order valence-electron chi connectivity index (χ2n) is 5.72. The number of nitrogens with zero attached hydrogens (tertiary/aromatic N) is 2. The van der Waals surface area contributed by atoms with E-state index in [-0.39, 0.29) is 18.3 Å². The SMILES string of the molecule is CCCCS(=O)(=O)N1C[C@H](O)[C@@H](N2CCCCC2)C1. The lowest BCUT2D eigenvalue weighted by atomic mass is 10.1. The number of rotatable bonds is 5. The maximum absolute atomic E-state index is 12.2. The Morgan fingerprint density at radius 2 is 1.84 bits per heavy atom. The molecule has 0 aliphatic carbocycles. The molecule has 2 atom stereocenters. The van der Waals surface area contributed by atoms with Gasteiger partial charge < -0.3 is 5.11 Å². The summed E-state index contributed by atoms with van der Waals surface area (Å²) in [6, 6.07) is -0.00305. The second kappa shape index (κ2) is 6.52. The first kappa shape index (κ1) is 15.2. The van der Waals surface area contributed by atoms with Crippen LogP contribution in [-0.4, -0.2) is 66.8 Å². The summed E-state index contributed by atoms with van der Waals surface area (Å²) in [5.74, 6) is 0.211. The van der Waals surface area contributed by atoms with Gasteiger partial charge in [-0.05, 0) is 32.4 Å². The minimum atomic E-state index is -3.18. The van der Waals surface area contributed by atoms with Crippen molar-refractivity contribution < 1.29 is 13.5 Å². The van der Waals surface area contributed by atoms with Gasteiger partial charge in [-0.25, -0.2) is 8.42 Å². The fourth-order valence-corrected chi connectivity index (χ4v) is 4.70. The minimum absolute atomic E-state index is 0.00305. The molecule has 2 rings (SSSR count). The zero-order valence-corrected chi connectivity index (χ0v) is 12.6. The quantitative estimate of drug-likeness (QED) is 0.807. The van der Waals surface area contributed by atoms with Crippen LogP contribution in [0.2, 0.25) is 0 Å². The zero-order chi connectivity index (χ0) is 13.9. The van der Waals surface area contributed by atoms with Crippen molar-refractivity contribution in [2.45, 2.75) is 51.2 Å². The molecule has 2 heterocycles. The van der Waals surface area contributed by atoms with Crippen molar-refractivity contribution >= 4 is 10.0 Å². The molecule has 6 heteroatoms. The Labute approximate surface area is 116 Å². The molecule has 0 amide bonds. The number of piperidine rings is 1. The normalized spacial score (nSPS) is 30.8. The fraction of sp³-hybridized carbons (Fsp3) is 1.00. The molecule has 5 nitrogen and oxygen atoms in total. The number of aliphatic hydroxyl groups excluding tert-OH is 1. The summed E-state index contributed by atoms with van der Waals surface area (Å²) in [4.78, 5) is 2.27. The highest BCUT2D eigenvalue weighted by atomic mass is 32.2. The topological polar surface area (TPSA) is 60.9 Å². The molecule has 1 N–H and O–H groups in total. The molecular formula is C13H26N2O3S. The van der Waals surface area contributed by atoms with Crippen LogP contribution in [0.15, 0.2) is 0 Å². The summed E-state index contributed by atoms with van der Waals surface area (Å²) in [5, 5.41) is 10.2. The van der Waals surface area contributed by atoms with E-state index < -0.39 is 16.1 Å². The second-order valence-corrected chi connectivity index (χ2v) is 7.81. The molecule has 0 aromatic carbocycles. The Balaban J connectivity index is 1.96. The molecule has 2 saturated heterocycles. The number of unbranched alkanes of at least 4 members (excludes halogenated alkanes) is 1. The van der Waals surface area contributed by atoms with Gasteiger partial charge in [0.2, 0.25) is 10.0 Å². The molecule has 0 aromatic rings. The third kappa shape index (κ3) is 3.68. The Morgan fingerprint density at radius 3 is 2.47 bits per heavy atom. The van der Waals surface area contributed by atoms with E-state index in [1.54, 1.807) is 0 Å². The van der Waals surface area contributed by atoms with E-state index in [9.17, 15) is 13.5 Å². The maximum atomic E-state index is 12.2. The zero-order valence-electron chi connectivity index (χ0n) is 11.8. The van der Waals surface area contributed by atoms with Gasteiger partial charge >= 0.3 is 0 Å². The van der Waals surface area contributed by atoms with Gasteiger partial charge in [-0.2, -0.15) is 4.31 Å². The van der Waals surface area contributed by atoms with Crippen LogP contribution >= 0.6 is 0 Å². The molecule has 2 aliphatic heterocycles. The molecule has 0 aromatic heterocycles. The van der Waals surface area contributed by atoms with Gasteiger partial charge in [0.1, 0.15) is 0 Å². The van der Waals surface area contributed by atoms with Crippen LogP contribution in [-0.2, 0) is 10.0 Å². The first-order chi connectivity index (χ1) is 9.04. The van der Waals surface area contributed by atoms with Gasteiger partial charge in [0.15, 0.2) is 0 Å². The Morgan fingerprint density at radius 1 is 1.16 bits per heavy atom. The number of aliphatic hydroxyl groups is 1. The van der Waals surface area contributed by atoms with Crippen LogP contribution in [0.5, 0.6) is 0 Å². The van der Waals surface area contributed by atoms with Crippen molar-refractivity contribution in [1.29, 1.82) is 0 Å². The minimum Gasteiger partial charge on any atom is -0.390 e. The van der Waals surface area contributed by atoms with E-state index in [2.05, 4.69) is 4.90 Å². The highest BCUT2D eigenvalue weighted by Gasteiger charge is 2.40. The van der Waals surface area contributed by atoms with Crippen LogP contribution in [0.25, 0.3) is 0 Å². The third-order valence-corrected chi connectivity index (χ3v) is 6.12. The van der Waals surface area contributed by atoms with Crippen molar-refractivity contribution in [3.63, 3.8) is 0 Å². The predicted molar refractivity (Wildman–Crippen MR) is 75.5 cm³/mol. The van der Waals surface area contributed by atoms with Crippen molar-refractivity contribution in [3.05, 3.63) is 0 Å². The van der Waals surface area contributed by atoms with Crippen molar-refractivity contribution in [3.8, 4) is 0 Å². The first-order valence-electron chi connectivity index (χ1n) is 7.44. The van der Waals surface area contributed by atoms with Crippen LogP contribution in [0.4, 0.5) is 0 Å². The van der Waals surface area contributed by atoms with Gasteiger partial charge in [-0.15, -0.1) is 0 Å². The Hall–Kier alpha value is -0.170. The van der Waals surface area contributed by atoms with Gasteiger partial charge in [0, 0.05) is 13.1 Å². The summed E-state index contributed by atoms with van der Waals surface area (Å²) in [7, 11) is -3.18. The highest BCUT2D eigenvalue weighted by Crippen LogP contribution is 2.23. The van der Waals surface area contributed by atoms with Crippen LogP contribution < -0.4 is 0 Å². The standard InChI is InChI=1S/C13H26N2O3S/c1-2-3-9-19(17,18)15-10-12(13(16)11-15)14-7-5-4-6-8-14/h12-13,16H,2-11H2,1H3/t12-,13-/m0/s1. The monoisotopic (exact) mass is 290 g/mol. The van der Waals surface area contributed by atoms with Crippen LogP contribution in [0.1, 0.15) is 39.0 Å². The maximum Gasteiger partial charge on any atom is 0.214 e. The molecule has 0 saturated carbocycles. The molecule has 0 unspecified atom stereocenters. The van der Waals surface area contributed by atoms with Crippen LogP contribution in [0, 0.1) is 0 Å². The molecule has 2 fully saturated rings. The predicted octanol–water partition coefficient (Wildman–Crippen LogP) is 0.647. The van der Waals surface area contributed by atoms with Gasteiger partial charge in [0.05, 0.1) is 17.9 Å². The van der Waals surface area contributed by atoms with E-state index in [1.807, 2.05) is 6.92 Å². The van der Waals surface area contributed by atoms with Crippen molar-refractivity contribution in [2.75, 3.05) is 31.9 Å². The average Bonchev–Trinajstić information content (AvgIpc) is 2.80. The summed E-state index contributed by atoms with van der Waals surface area (Å²) >= 11 is 0. The molecule has 112 valence electrons. The average molecular weight is 290 g/mol. The Bertz CT molecular complexity index is 379. The van der Waals surface area contributed by atoms with Gasteiger partial charge in [-0.1, -0.05) is 19.8 Å². The number of hydrogen-bond donors (Lipinski definition) is 1. The van der Waals surface area contributed by atoms with E-state index in [1.165, 1.54) is 10.7 Å². The summed E-state index contributed by atoms with van der Waals surface area (Å²) in [6.45, 7) is 4.71. The molecule has 2 aliphatic rings. The lowest BCUT2D eigenvalue weighted by Crippen LogP contribution is -2.46. The largest absolute Gasteiger partial charge is 0.390 e. The lowest BCUT2D eigenvalue weighted by molar-refractivity contribution is 0.0706. The molecule has 19 heavy (non-hydrogen) atoms. The van der Waals surface area contributed by atoms with Gasteiger partial charge in [0.25, 0.3) is 0 Å². The van der Waals surface area contributed by atoms with E-state index in [0.29, 0.717) is 13.0 Å². The van der Waals surface area contributed by atoms with E-state index in [4.69, 9.17) is 0 Å². The lowest BCUT2D eigenvalue weighted by Gasteiger charge is -2.33. The fourth-order valence-electron chi connectivity index (χ4n) is 3.03. The van der Waals surface area contributed by atoms with Crippen molar-refractivity contribution in [2.24, 2.45) is 0 Å². The van der Waals surface area contributed by atoms with E-state index in [0.717, 1.165) is 32.4 Å². The number of sulfonamides is 1. The molecular weight excluding hydrogens is 264 g/mol. The number of β-amino-alcohol motifs (C(OH)–C–C–N with tert-alkyl or cyclic N) is 1. The molecule has 0 bridgehead atoms. The molecule has 0 spiro atoms. The summed E-state index contributed by atoms with van der Waals surface area (Å²) in [6.07, 6.45) is 4.61. The highest BCUT2D eigenvalue weighted by molar-refractivity contribution is 7.89. The van der Waals surface area contributed by atoms with Gasteiger partial charge in [-0.3, -0.25) is 4.90 Å². The summed E-state index contributed by atoms with van der Waals surface area (Å²) in [5.41, 5.74) is 0. The summed E-state index contributed by atoms with van der Waals surface area (Å²) < 4.78 is 25.8. The molecule has 0 radical (unpaired) electrons. The van der Waals surface area contributed by atoms with Crippen LogP contribution in [0.3, 0.4) is 0 Å². The number of likely N-dealkylation sites (tertiary alicyclic amines) is 1. The number of hydrogen-bond acceptors (Lipinski definition) is 4. The first-order valence-corrected chi connectivity index (χ1v) is 9.05. The van der Waals surface area contributed by atoms with E-state index >= 15 is 0 Å².